The van der Waals surface area contributed by atoms with Crippen molar-refractivity contribution < 1.29 is 13.7 Å². The SMILES string of the molecule is CC(NC(=O)CCC1CCNCC1)c1nc(-c2cccc(F)c2)no1.Cl. The fourth-order valence-electron chi connectivity index (χ4n) is 3.04. The van der Waals surface area contributed by atoms with E-state index in [2.05, 4.69) is 20.8 Å². The van der Waals surface area contributed by atoms with E-state index in [4.69, 9.17) is 4.52 Å². The quantitative estimate of drug-likeness (QED) is 0.801. The van der Waals surface area contributed by atoms with E-state index >= 15 is 0 Å². The molecule has 8 heteroatoms. The number of carbonyl (C=O) groups is 1. The minimum Gasteiger partial charge on any atom is -0.345 e. The zero-order chi connectivity index (χ0) is 17.6. The minimum atomic E-state index is -0.379. The first-order chi connectivity index (χ1) is 12.1. The number of hydrogen-bond donors (Lipinski definition) is 2. The molecule has 1 aliphatic heterocycles. The highest BCUT2D eigenvalue weighted by molar-refractivity contribution is 5.85. The Balaban J connectivity index is 0.00000243. The molecule has 0 spiro atoms. The van der Waals surface area contributed by atoms with E-state index in [0.717, 1.165) is 32.4 Å². The summed E-state index contributed by atoms with van der Waals surface area (Å²) < 4.78 is 18.5. The Hall–Kier alpha value is -1.99. The predicted octanol–water partition coefficient (Wildman–Crippen LogP) is 3.25. The second-order valence-electron chi connectivity index (χ2n) is 6.49. The summed E-state index contributed by atoms with van der Waals surface area (Å²) in [7, 11) is 0. The zero-order valence-electron chi connectivity index (χ0n) is 14.7. The fourth-order valence-corrected chi connectivity index (χ4v) is 3.04. The van der Waals surface area contributed by atoms with E-state index in [0.29, 0.717) is 29.6 Å². The van der Waals surface area contributed by atoms with E-state index in [1.807, 2.05) is 0 Å². The minimum absolute atomic E-state index is 0. The summed E-state index contributed by atoms with van der Waals surface area (Å²) in [6.45, 7) is 3.87. The van der Waals surface area contributed by atoms with Crippen LogP contribution >= 0.6 is 12.4 Å². The van der Waals surface area contributed by atoms with Gasteiger partial charge in [-0.1, -0.05) is 17.3 Å². The Morgan fingerprint density at radius 3 is 2.92 bits per heavy atom. The van der Waals surface area contributed by atoms with Gasteiger partial charge in [0.05, 0.1) is 0 Å². The predicted molar refractivity (Wildman–Crippen MR) is 98.3 cm³/mol. The number of rotatable bonds is 6. The average Bonchev–Trinajstić information content (AvgIpc) is 3.11. The molecule has 1 unspecified atom stereocenters. The van der Waals surface area contributed by atoms with Crippen LogP contribution in [0.5, 0.6) is 0 Å². The lowest BCUT2D eigenvalue weighted by Gasteiger charge is -2.22. The van der Waals surface area contributed by atoms with E-state index in [1.54, 1.807) is 19.1 Å². The van der Waals surface area contributed by atoms with Crippen LogP contribution < -0.4 is 10.6 Å². The highest BCUT2D eigenvalue weighted by Crippen LogP contribution is 2.20. The Bertz CT molecular complexity index is 719. The van der Waals surface area contributed by atoms with Gasteiger partial charge in [-0.3, -0.25) is 4.79 Å². The first kappa shape index (κ1) is 20.3. The number of benzene rings is 1. The summed E-state index contributed by atoms with van der Waals surface area (Å²) in [5.41, 5.74) is 0.541. The smallest absolute Gasteiger partial charge is 0.249 e. The van der Waals surface area contributed by atoms with Gasteiger partial charge in [-0.2, -0.15) is 4.98 Å². The molecule has 2 N–H and O–H groups in total. The van der Waals surface area contributed by atoms with Crippen LogP contribution in [-0.4, -0.2) is 29.1 Å². The molecule has 1 amide bonds. The van der Waals surface area contributed by atoms with Gasteiger partial charge in [-0.25, -0.2) is 4.39 Å². The molecule has 3 rings (SSSR count). The maximum absolute atomic E-state index is 13.3. The maximum Gasteiger partial charge on any atom is 0.249 e. The molecule has 1 saturated heterocycles. The molecule has 1 fully saturated rings. The van der Waals surface area contributed by atoms with Gasteiger partial charge < -0.3 is 15.2 Å². The molecule has 0 bridgehead atoms. The average molecular weight is 383 g/mol. The van der Waals surface area contributed by atoms with Gasteiger partial charge in [0.1, 0.15) is 11.9 Å². The largest absolute Gasteiger partial charge is 0.345 e. The van der Waals surface area contributed by atoms with Gasteiger partial charge in [-0.15, -0.1) is 12.4 Å². The van der Waals surface area contributed by atoms with Crippen molar-refractivity contribution in [1.29, 1.82) is 0 Å². The molecule has 1 aromatic carbocycles. The molecule has 1 aromatic heterocycles. The summed E-state index contributed by atoms with van der Waals surface area (Å²) in [4.78, 5) is 16.4. The van der Waals surface area contributed by atoms with Crippen LogP contribution in [0.3, 0.4) is 0 Å². The highest BCUT2D eigenvalue weighted by Gasteiger charge is 2.19. The summed E-state index contributed by atoms with van der Waals surface area (Å²) in [5.74, 6) is 0.865. The molecule has 6 nitrogen and oxygen atoms in total. The number of nitrogens with one attached hydrogen (secondary N) is 2. The van der Waals surface area contributed by atoms with E-state index in [9.17, 15) is 9.18 Å². The van der Waals surface area contributed by atoms with Gasteiger partial charge in [0.25, 0.3) is 0 Å². The molecule has 0 aliphatic carbocycles. The van der Waals surface area contributed by atoms with Gasteiger partial charge in [0, 0.05) is 12.0 Å². The summed E-state index contributed by atoms with van der Waals surface area (Å²) >= 11 is 0. The van der Waals surface area contributed by atoms with E-state index < -0.39 is 0 Å². The van der Waals surface area contributed by atoms with Crippen molar-refractivity contribution in [1.82, 2.24) is 20.8 Å². The second-order valence-corrected chi connectivity index (χ2v) is 6.49. The van der Waals surface area contributed by atoms with Gasteiger partial charge >= 0.3 is 0 Å². The lowest BCUT2D eigenvalue weighted by Crippen LogP contribution is -2.30. The first-order valence-electron chi connectivity index (χ1n) is 8.71. The van der Waals surface area contributed by atoms with Crippen molar-refractivity contribution in [2.45, 2.75) is 38.6 Å². The van der Waals surface area contributed by atoms with Crippen LogP contribution in [0.25, 0.3) is 11.4 Å². The Labute approximate surface area is 158 Å². The van der Waals surface area contributed by atoms with Crippen LogP contribution in [0.1, 0.15) is 44.5 Å². The highest BCUT2D eigenvalue weighted by atomic mass is 35.5. The van der Waals surface area contributed by atoms with Crippen LogP contribution in [0.2, 0.25) is 0 Å². The summed E-state index contributed by atoms with van der Waals surface area (Å²) in [6, 6.07) is 5.62. The number of amides is 1. The van der Waals surface area contributed by atoms with Gasteiger partial charge in [-0.05, 0) is 57.3 Å². The number of piperidine rings is 1. The van der Waals surface area contributed by atoms with E-state index in [-0.39, 0.29) is 30.2 Å². The number of halogens is 2. The van der Waals surface area contributed by atoms with Crippen molar-refractivity contribution >= 4 is 18.3 Å². The Morgan fingerprint density at radius 2 is 2.19 bits per heavy atom. The maximum atomic E-state index is 13.3. The standard InChI is InChI=1S/C18H23FN4O2.ClH/c1-12(21-16(24)6-5-13-7-9-20-10-8-13)18-22-17(23-25-18)14-3-2-4-15(19)11-14;/h2-4,11-13,20H,5-10H2,1H3,(H,21,24);1H. The molecule has 1 aliphatic rings. The van der Waals surface area contributed by atoms with Crippen LogP contribution in [0, 0.1) is 11.7 Å². The monoisotopic (exact) mass is 382 g/mol. The molecule has 26 heavy (non-hydrogen) atoms. The number of carbonyl (C=O) groups excluding carboxylic acids is 1. The van der Waals surface area contributed by atoms with Crippen LogP contribution in [0.15, 0.2) is 28.8 Å². The molecule has 0 radical (unpaired) electrons. The molecular weight excluding hydrogens is 359 g/mol. The van der Waals surface area contributed by atoms with Crippen molar-refractivity contribution in [3.8, 4) is 11.4 Å². The number of nitrogens with zero attached hydrogens (tertiary/aromatic N) is 2. The van der Waals surface area contributed by atoms with Crippen LogP contribution in [0.4, 0.5) is 4.39 Å². The van der Waals surface area contributed by atoms with Gasteiger partial charge in [0.2, 0.25) is 17.6 Å². The zero-order valence-corrected chi connectivity index (χ0v) is 15.5. The number of aromatic nitrogens is 2. The topological polar surface area (TPSA) is 80.0 Å². The first-order valence-corrected chi connectivity index (χ1v) is 8.71. The van der Waals surface area contributed by atoms with Crippen molar-refractivity contribution in [3.63, 3.8) is 0 Å². The molecule has 2 heterocycles. The van der Waals surface area contributed by atoms with Gasteiger partial charge in [0.15, 0.2) is 0 Å². The lowest BCUT2D eigenvalue weighted by molar-refractivity contribution is -0.122. The van der Waals surface area contributed by atoms with E-state index in [1.165, 1.54) is 12.1 Å². The second kappa shape index (κ2) is 9.64. The Morgan fingerprint density at radius 1 is 1.42 bits per heavy atom. The Kier molecular flexibility index (Phi) is 7.53. The summed E-state index contributed by atoms with van der Waals surface area (Å²) in [6.07, 6.45) is 3.66. The third kappa shape index (κ3) is 5.51. The molecule has 2 aromatic rings. The third-order valence-electron chi connectivity index (χ3n) is 4.51. The molecule has 142 valence electrons. The molecule has 1 atom stereocenters. The third-order valence-corrected chi connectivity index (χ3v) is 4.51. The fraction of sp³-hybridized carbons (Fsp3) is 0.500. The number of hydrogen-bond acceptors (Lipinski definition) is 5. The van der Waals surface area contributed by atoms with Crippen LogP contribution in [-0.2, 0) is 4.79 Å². The van der Waals surface area contributed by atoms with Crippen molar-refractivity contribution in [2.24, 2.45) is 5.92 Å². The molecule has 0 saturated carbocycles. The lowest BCUT2D eigenvalue weighted by atomic mass is 9.93. The summed E-state index contributed by atoms with van der Waals surface area (Å²) in [5, 5.41) is 10.1. The normalized spacial score (nSPS) is 15.9. The van der Waals surface area contributed by atoms with Crippen molar-refractivity contribution in [3.05, 3.63) is 36.0 Å². The molecular formula is C18H24ClFN4O2. The van der Waals surface area contributed by atoms with Crippen molar-refractivity contribution in [2.75, 3.05) is 13.1 Å².